The van der Waals surface area contributed by atoms with E-state index in [2.05, 4.69) is 4.74 Å². The Balaban J connectivity index is 2.28. The molecule has 2 aromatic carbocycles. The maximum atomic E-state index is 14.0. The Morgan fingerprint density at radius 3 is 2.64 bits per heavy atom. The maximum absolute atomic E-state index is 14.0. The van der Waals surface area contributed by atoms with E-state index in [-0.39, 0.29) is 12.4 Å². The Morgan fingerprint density at radius 1 is 1.24 bits per heavy atom. The van der Waals surface area contributed by atoms with Crippen LogP contribution in [-0.4, -0.2) is 19.5 Å². The van der Waals surface area contributed by atoms with E-state index in [1.807, 2.05) is 26.2 Å². The average molecular weight is 364 g/mol. The quantitative estimate of drug-likeness (QED) is 0.403. The van der Waals surface area contributed by atoms with Crippen LogP contribution in [0.25, 0.3) is 0 Å². The number of hydrogen-bond donors (Lipinski definition) is 0. The van der Waals surface area contributed by atoms with Gasteiger partial charge in [0.15, 0.2) is 0 Å². The Bertz CT molecular complexity index is 761. The summed E-state index contributed by atoms with van der Waals surface area (Å²) in [6, 6.07) is 8.55. The molecule has 25 heavy (non-hydrogen) atoms. The van der Waals surface area contributed by atoms with Gasteiger partial charge >= 0.3 is 6.16 Å². The standard InChI is InChI=1S/C19H21FO4S/c1-5-13-9-12(2)17(10-15(13)20)23-11-14-16(24-19(21)22-3)7-6-8-18(14)25-4/h6-10H,5,11H2,1-4H3. The number of carbonyl (C=O) groups excluding carboxylic acids is 1. The van der Waals surface area contributed by atoms with E-state index < -0.39 is 6.16 Å². The summed E-state index contributed by atoms with van der Waals surface area (Å²) in [5.41, 5.74) is 2.22. The van der Waals surface area contributed by atoms with Crippen LogP contribution in [0.1, 0.15) is 23.6 Å². The minimum atomic E-state index is -0.797. The highest BCUT2D eigenvalue weighted by Gasteiger charge is 2.15. The first-order valence-electron chi connectivity index (χ1n) is 7.83. The predicted octanol–water partition coefficient (Wildman–Crippen LogP) is 5.14. The molecule has 0 aromatic heterocycles. The molecule has 0 aliphatic rings. The Kier molecular flexibility index (Phi) is 6.70. The van der Waals surface area contributed by atoms with E-state index in [0.29, 0.717) is 29.0 Å². The molecule has 0 spiro atoms. The molecule has 0 fully saturated rings. The van der Waals surface area contributed by atoms with Crippen molar-refractivity contribution < 1.29 is 23.4 Å². The number of thioether (sulfide) groups is 1. The van der Waals surface area contributed by atoms with E-state index >= 15 is 0 Å². The minimum absolute atomic E-state index is 0.148. The van der Waals surface area contributed by atoms with Gasteiger partial charge in [-0.15, -0.1) is 11.8 Å². The van der Waals surface area contributed by atoms with Gasteiger partial charge in [0.05, 0.1) is 7.11 Å². The number of benzene rings is 2. The summed E-state index contributed by atoms with van der Waals surface area (Å²) in [5.74, 6) is 0.545. The lowest BCUT2D eigenvalue weighted by atomic mass is 10.1. The summed E-state index contributed by atoms with van der Waals surface area (Å²) < 4.78 is 29.6. The summed E-state index contributed by atoms with van der Waals surface area (Å²) in [7, 11) is 1.25. The zero-order valence-electron chi connectivity index (χ0n) is 14.7. The molecule has 2 rings (SSSR count). The second-order valence-electron chi connectivity index (χ2n) is 5.34. The molecule has 0 saturated heterocycles. The average Bonchev–Trinajstić information content (AvgIpc) is 2.62. The van der Waals surface area contributed by atoms with Crippen LogP contribution < -0.4 is 9.47 Å². The van der Waals surface area contributed by atoms with Crippen molar-refractivity contribution in [2.45, 2.75) is 31.8 Å². The maximum Gasteiger partial charge on any atom is 0.513 e. The molecule has 0 aliphatic heterocycles. The van der Waals surface area contributed by atoms with Gasteiger partial charge < -0.3 is 14.2 Å². The number of halogens is 1. The summed E-state index contributed by atoms with van der Waals surface area (Å²) in [6.45, 7) is 3.93. The molecule has 0 unspecified atom stereocenters. The number of rotatable bonds is 6. The Hall–Kier alpha value is -2.21. The summed E-state index contributed by atoms with van der Waals surface area (Å²) in [6.07, 6.45) is 1.75. The van der Waals surface area contributed by atoms with Gasteiger partial charge in [-0.3, -0.25) is 0 Å². The third-order valence-electron chi connectivity index (χ3n) is 3.77. The first-order valence-corrected chi connectivity index (χ1v) is 9.06. The molecule has 134 valence electrons. The highest BCUT2D eigenvalue weighted by atomic mass is 32.2. The molecule has 4 nitrogen and oxygen atoms in total. The van der Waals surface area contributed by atoms with Crippen LogP contribution in [0.4, 0.5) is 9.18 Å². The molecule has 0 amide bonds. The van der Waals surface area contributed by atoms with Crippen molar-refractivity contribution in [3.63, 3.8) is 0 Å². The lowest BCUT2D eigenvalue weighted by molar-refractivity contribution is 0.120. The highest BCUT2D eigenvalue weighted by Crippen LogP contribution is 2.31. The zero-order valence-corrected chi connectivity index (χ0v) is 15.5. The zero-order chi connectivity index (χ0) is 18.4. The van der Waals surface area contributed by atoms with Crippen LogP contribution in [0.3, 0.4) is 0 Å². The van der Waals surface area contributed by atoms with Crippen LogP contribution in [0.5, 0.6) is 11.5 Å². The lowest BCUT2D eigenvalue weighted by Crippen LogP contribution is -2.10. The SMILES string of the molecule is CCc1cc(C)c(OCc2c(OC(=O)OC)cccc2SC)cc1F. The van der Waals surface area contributed by atoms with Crippen molar-refractivity contribution >= 4 is 17.9 Å². The molecule has 6 heteroatoms. The van der Waals surface area contributed by atoms with Crippen LogP contribution in [-0.2, 0) is 17.8 Å². The third-order valence-corrected chi connectivity index (χ3v) is 4.59. The van der Waals surface area contributed by atoms with E-state index in [1.54, 1.807) is 18.2 Å². The fraction of sp³-hybridized carbons (Fsp3) is 0.316. The summed E-state index contributed by atoms with van der Waals surface area (Å²) >= 11 is 1.51. The number of ether oxygens (including phenoxy) is 3. The minimum Gasteiger partial charge on any atom is -0.488 e. The molecule has 0 radical (unpaired) electrons. The lowest BCUT2D eigenvalue weighted by Gasteiger charge is -2.15. The molecular formula is C19H21FO4S. The van der Waals surface area contributed by atoms with E-state index in [0.717, 1.165) is 10.5 Å². The molecule has 0 N–H and O–H groups in total. The first kappa shape index (κ1) is 19.1. The van der Waals surface area contributed by atoms with Crippen molar-refractivity contribution in [2.75, 3.05) is 13.4 Å². The van der Waals surface area contributed by atoms with Crippen LogP contribution >= 0.6 is 11.8 Å². The third kappa shape index (κ3) is 4.66. The van der Waals surface area contributed by atoms with Gasteiger partial charge in [-0.1, -0.05) is 13.0 Å². The van der Waals surface area contributed by atoms with E-state index in [9.17, 15) is 9.18 Å². The predicted molar refractivity (Wildman–Crippen MR) is 96.1 cm³/mol. The molecule has 0 atom stereocenters. The van der Waals surface area contributed by atoms with Gasteiger partial charge in [-0.05, 0) is 48.9 Å². The molecule has 0 aliphatic carbocycles. The van der Waals surface area contributed by atoms with Crippen LogP contribution in [0, 0.1) is 12.7 Å². The summed E-state index contributed by atoms with van der Waals surface area (Å²) in [5, 5.41) is 0. The van der Waals surface area contributed by atoms with Crippen molar-refractivity contribution in [1.82, 2.24) is 0 Å². The van der Waals surface area contributed by atoms with Crippen molar-refractivity contribution in [1.29, 1.82) is 0 Å². The fourth-order valence-corrected chi connectivity index (χ4v) is 3.03. The monoisotopic (exact) mass is 364 g/mol. The summed E-state index contributed by atoms with van der Waals surface area (Å²) in [4.78, 5) is 12.3. The molecule has 2 aromatic rings. The van der Waals surface area contributed by atoms with Gasteiger partial charge in [-0.2, -0.15) is 0 Å². The van der Waals surface area contributed by atoms with E-state index in [1.165, 1.54) is 24.9 Å². The molecule has 0 heterocycles. The van der Waals surface area contributed by atoms with Crippen LogP contribution in [0.2, 0.25) is 0 Å². The van der Waals surface area contributed by atoms with Crippen molar-refractivity contribution in [3.8, 4) is 11.5 Å². The number of aryl methyl sites for hydroxylation is 2. The smallest absolute Gasteiger partial charge is 0.488 e. The largest absolute Gasteiger partial charge is 0.513 e. The van der Waals surface area contributed by atoms with Gasteiger partial charge in [0, 0.05) is 16.5 Å². The van der Waals surface area contributed by atoms with Crippen LogP contribution in [0.15, 0.2) is 35.2 Å². The molecule has 0 bridgehead atoms. The van der Waals surface area contributed by atoms with Crippen molar-refractivity contribution in [3.05, 3.63) is 52.8 Å². The second kappa shape index (κ2) is 8.76. The Morgan fingerprint density at radius 2 is 2.00 bits per heavy atom. The molecule has 0 saturated carbocycles. The number of carbonyl (C=O) groups is 1. The topological polar surface area (TPSA) is 44.8 Å². The van der Waals surface area contributed by atoms with E-state index in [4.69, 9.17) is 9.47 Å². The van der Waals surface area contributed by atoms with Gasteiger partial charge in [0.1, 0.15) is 23.9 Å². The van der Waals surface area contributed by atoms with Gasteiger partial charge in [0.25, 0.3) is 0 Å². The van der Waals surface area contributed by atoms with Gasteiger partial charge in [-0.25, -0.2) is 9.18 Å². The Labute approximate surface area is 151 Å². The highest BCUT2D eigenvalue weighted by molar-refractivity contribution is 7.98. The fourth-order valence-electron chi connectivity index (χ4n) is 2.41. The second-order valence-corrected chi connectivity index (χ2v) is 6.19. The number of methoxy groups -OCH3 is 1. The first-order chi connectivity index (χ1) is 12.0. The van der Waals surface area contributed by atoms with Crippen molar-refractivity contribution in [2.24, 2.45) is 0 Å². The van der Waals surface area contributed by atoms with Gasteiger partial charge in [0.2, 0.25) is 0 Å². The molecular weight excluding hydrogens is 343 g/mol. The normalized spacial score (nSPS) is 10.4. The number of hydrogen-bond acceptors (Lipinski definition) is 5.